The number of ether oxygens (including phenoxy) is 1. The van der Waals surface area contributed by atoms with Gasteiger partial charge in [-0.15, -0.1) is 0 Å². The lowest BCUT2D eigenvalue weighted by atomic mass is 10.2. The first kappa shape index (κ1) is 13.1. The van der Waals surface area contributed by atoms with Gasteiger partial charge in [0.15, 0.2) is 0 Å². The zero-order chi connectivity index (χ0) is 13.1. The number of rotatable bonds is 3. The maximum Gasteiger partial charge on any atom is 0.145 e. The molecule has 0 heterocycles. The molecule has 0 radical (unpaired) electrons. The molecule has 2 aromatic rings. The fraction of sp³-hybridized carbons (Fsp3) is 0.0769. The van der Waals surface area contributed by atoms with Crippen LogP contribution in [0.5, 0.6) is 5.75 Å². The normalized spacial score (nSPS) is 10.4. The van der Waals surface area contributed by atoms with E-state index < -0.39 is 11.6 Å². The van der Waals surface area contributed by atoms with Gasteiger partial charge in [0.1, 0.15) is 24.0 Å². The molecule has 0 aliphatic carbocycles. The van der Waals surface area contributed by atoms with Gasteiger partial charge in [-0.3, -0.25) is 0 Å². The number of benzene rings is 2. The summed E-state index contributed by atoms with van der Waals surface area (Å²) in [6, 6.07) is 8.05. The van der Waals surface area contributed by atoms with E-state index in [0.29, 0.717) is 16.3 Å². The summed E-state index contributed by atoms with van der Waals surface area (Å²) in [4.78, 5) is 0. The van der Waals surface area contributed by atoms with E-state index in [9.17, 15) is 8.78 Å². The molecule has 0 saturated heterocycles. The summed E-state index contributed by atoms with van der Waals surface area (Å²) in [5.41, 5.74) is 0.493. The van der Waals surface area contributed by atoms with Crippen LogP contribution in [0.25, 0.3) is 0 Å². The van der Waals surface area contributed by atoms with Gasteiger partial charge in [0, 0.05) is 16.7 Å². The van der Waals surface area contributed by atoms with Crippen LogP contribution in [-0.2, 0) is 6.61 Å². The Balaban J connectivity index is 2.11. The van der Waals surface area contributed by atoms with Crippen LogP contribution in [0, 0.1) is 11.6 Å². The van der Waals surface area contributed by atoms with E-state index in [0.717, 1.165) is 6.07 Å². The Labute approximate surface area is 113 Å². The highest BCUT2D eigenvalue weighted by molar-refractivity contribution is 6.31. The molecule has 2 rings (SSSR count). The van der Waals surface area contributed by atoms with Crippen LogP contribution >= 0.6 is 23.2 Å². The minimum atomic E-state index is -0.570. The highest BCUT2D eigenvalue weighted by atomic mass is 35.5. The van der Waals surface area contributed by atoms with E-state index >= 15 is 0 Å². The van der Waals surface area contributed by atoms with Gasteiger partial charge in [0.05, 0.1) is 5.02 Å². The molecule has 0 fully saturated rings. The second-order valence-electron chi connectivity index (χ2n) is 3.60. The summed E-state index contributed by atoms with van der Waals surface area (Å²) in [6.07, 6.45) is 0. The SMILES string of the molecule is Fc1ccc(Cl)c(COc2ccc(Cl)c(F)c2)c1. The smallest absolute Gasteiger partial charge is 0.145 e. The van der Waals surface area contributed by atoms with Gasteiger partial charge >= 0.3 is 0 Å². The first-order valence-electron chi connectivity index (χ1n) is 5.08. The molecule has 0 aromatic heterocycles. The van der Waals surface area contributed by atoms with Gasteiger partial charge in [-0.1, -0.05) is 23.2 Å². The predicted octanol–water partition coefficient (Wildman–Crippen LogP) is 4.85. The largest absolute Gasteiger partial charge is 0.489 e. The molecule has 0 unspecified atom stereocenters. The fourth-order valence-electron chi connectivity index (χ4n) is 1.38. The van der Waals surface area contributed by atoms with Crippen molar-refractivity contribution in [3.8, 4) is 5.75 Å². The Morgan fingerprint density at radius 3 is 2.39 bits per heavy atom. The monoisotopic (exact) mass is 288 g/mol. The van der Waals surface area contributed by atoms with Gasteiger partial charge in [-0.25, -0.2) is 8.78 Å². The van der Waals surface area contributed by atoms with Crippen LogP contribution in [0.15, 0.2) is 36.4 Å². The van der Waals surface area contributed by atoms with Crippen LogP contribution in [0.3, 0.4) is 0 Å². The molecule has 18 heavy (non-hydrogen) atoms. The summed E-state index contributed by atoms with van der Waals surface area (Å²) in [5.74, 6) is -0.669. The number of hydrogen-bond donors (Lipinski definition) is 0. The molecule has 5 heteroatoms. The zero-order valence-electron chi connectivity index (χ0n) is 9.09. The van der Waals surface area contributed by atoms with Gasteiger partial charge in [0.25, 0.3) is 0 Å². The van der Waals surface area contributed by atoms with Crippen LogP contribution in [-0.4, -0.2) is 0 Å². The Hall–Kier alpha value is -1.32. The van der Waals surface area contributed by atoms with Crippen molar-refractivity contribution in [2.45, 2.75) is 6.61 Å². The highest BCUT2D eigenvalue weighted by Gasteiger charge is 2.05. The zero-order valence-corrected chi connectivity index (χ0v) is 10.6. The van der Waals surface area contributed by atoms with E-state index in [1.54, 1.807) is 0 Å². The quantitative estimate of drug-likeness (QED) is 0.784. The molecule has 0 aliphatic heterocycles. The summed E-state index contributed by atoms with van der Waals surface area (Å²) >= 11 is 11.4. The average Bonchev–Trinajstić information content (AvgIpc) is 2.34. The highest BCUT2D eigenvalue weighted by Crippen LogP contribution is 2.23. The molecule has 0 aliphatic rings. The Morgan fingerprint density at radius 1 is 0.944 bits per heavy atom. The third-order valence-electron chi connectivity index (χ3n) is 2.29. The maximum absolute atomic E-state index is 13.2. The summed E-state index contributed by atoms with van der Waals surface area (Å²) in [7, 11) is 0. The second kappa shape index (κ2) is 5.55. The van der Waals surface area contributed by atoms with Crippen molar-refractivity contribution in [3.05, 3.63) is 63.6 Å². The van der Waals surface area contributed by atoms with Gasteiger partial charge in [0.2, 0.25) is 0 Å². The van der Waals surface area contributed by atoms with Crippen LogP contribution in [0.4, 0.5) is 8.78 Å². The van der Waals surface area contributed by atoms with E-state index in [1.807, 2.05) is 0 Å². The van der Waals surface area contributed by atoms with Gasteiger partial charge in [-0.05, 0) is 30.3 Å². The summed E-state index contributed by atoms with van der Waals surface area (Å²) < 4.78 is 31.5. The molecule has 0 N–H and O–H groups in total. The summed E-state index contributed by atoms with van der Waals surface area (Å²) in [5, 5.41) is 0.414. The lowest BCUT2D eigenvalue weighted by molar-refractivity contribution is 0.304. The molecule has 0 saturated carbocycles. The van der Waals surface area contributed by atoms with Crippen molar-refractivity contribution in [2.24, 2.45) is 0 Å². The Kier molecular flexibility index (Phi) is 4.04. The lowest BCUT2D eigenvalue weighted by Gasteiger charge is -2.08. The standard InChI is InChI=1S/C13H8Cl2F2O/c14-11-3-1-9(16)5-8(11)7-18-10-2-4-12(15)13(17)6-10/h1-6H,7H2. The van der Waals surface area contributed by atoms with Crippen LogP contribution in [0.1, 0.15) is 5.56 Å². The molecule has 0 spiro atoms. The minimum absolute atomic E-state index is 0.0196. The van der Waals surface area contributed by atoms with Crippen LogP contribution in [0.2, 0.25) is 10.0 Å². The topological polar surface area (TPSA) is 9.23 Å². The van der Waals surface area contributed by atoms with Crippen molar-refractivity contribution >= 4 is 23.2 Å². The van der Waals surface area contributed by atoms with Crippen molar-refractivity contribution in [2.75, 3.05) is 0 Å². The maximum atomic E-state index is 13.2. The van der Waals surface area contributed by atoms with E-state index in [1.165, 1.54) is 30.3 Å². The molecule has 1 nitrogen and oxygen atoms in total. The molecule has 2 aromatic carbocycles. The predicted molar refractivity (Wildman–Crippen MR) is 67.2 cm³/mol. The lowest BCUT2D eigenvalue weighted by Crippen LogP contribution is -1.97. The van der Waals surface area contributed by atoms with Crippen LogP contribution < -0.4 is 4.74 Å². The third kappa shape index (κ3) is 3.12. The number of halogens is 4. The van der Waals surface area contributed by atoms with Crippen molar-refractivity contribution in [1.82, 2.24) is 0 Å². The molecule has 0 atom stereocenters. The van der Waals surface area contributed by atoms with E-state index in [2.05, 4.69) is 0 Å². The van der Waals surface area contributed by atoms with Crippen molar-refractivity contribution < 1.29 is 13.5 Å². The Bertz CT molecular complexity index is 573. The molecule has 0 amide bonds. The van der Waals surface area contributed by atoms with Crippen molar-refractivity contribution in [1.29, 1.82) is 0 Å². The molecule has 94 valence electrons. The Morgan fingerprint density at radius 2 is 1.67 bits per heavy atom. The van der Waals surface area contributed by atoms with E-state index in [-0.39, 0.29) is 11.6 Å². The first-order chi connectivity index (χ1) is 8.56. The van der Waals surface area contributed by atoms with Gasteiger partial charge < -0.3 is 4.74 Å². The van der Waals surface area contributed by atoms with Crippen molar-refractivity contribution in [3.63, 3.8) is 0 Å². The third-order valence-corrected chi connectivity index (χ3v) is 2.97. The van der Waals surface area contributed by atoms with E-state index in [4.69, 9.17) is 27.9 Å². The number of hydrogen-bond acceptors (Lipinski definition) is 1. The average molecular weight is 289 g/mol. The molecule has 0 bridgehead atoms. The second-order valence-corrected chi connectivity index (χ2v) is 4.41. The first-order valence-corrected chi connectivity index (χ1v) is 5.83. The summed E-state index contributed by atoms with van der Waals surface area (Å²) in [6.45, 7) is 0.0532. The minimum Gasteiger partial charge on any atom is -0.489 e. The molecular formula is C13H8Cl2F2O. The molecular weight excluding hydrogens is 281 g/mol. The fourth-order valence-corrected chi connectivity index (χ4v) is 1.67. The van der Waals surface area contributed by atoms with Gasteiger partial charge in [-0.2, -0.15) is 0 Å².